The molecule has 2 nitrogen and oxygen atoms in total. The van der Waals surface area contributed by atoms with Crippen molar-refractivity contribution in [1.29, 1.82) is 0 Å². The van der Waals surface area contributed by atoms with Gasteiger partial charge in [0.15, 0.2) is 0 Å². The van der Waals surface area contributed by atoms with Crippen molar-refractivity contribution >= 4 is 0 Å². The third-order valence-electron chi connectivity index (χ3n) is 4.36. The molecule has 2 unspecified atom stereocenters. The quantitative estimate of drug-likeness (QED) is 0.747. The van der Waals surface area contributed by atoms with Crippen LogP contribution in [0.25, 0.3) is 0 Å². The molecule has 0 spiro atoms. The Hall–Kier alpha value is -0.0800. The van der Waals surface area contributed by atoms with Crippen molar-refractivity contribution < 1.29 is 0 Å². The van der Waals surface area contributed by atoms with E-state index in [2.05, 4.69) is 5.32 Å². The van der Waals surface area contributed by atoms with Crippen molar-refractivity contribution in [2.24, 2.45) is 17.6 Å². The van der Waals surface area contributed by atoms with Gasteiger partial charge in [-0.15, -0.1) is 0 Å². The zero-order chi connectivity index (χ0) is 10.5. The van der Waals surface area contributed by atoms with E-state index in [0.29, 0.717) is 0 Å². The van der Waals surface area contributed by atoms with Crippen molar-refractivity contribution in [2.75, 3.05) is 13.1 Å². The molecule has 0 amide bonds. The third kappa shape index (κ3) is 3.18. The van der Waals surface area contributed by atoms with Gasteiger partial charge < -0.3 is 11.1 Å². The van der Waals surface area contributed by atoms with Gasteiger partial charge in [0, 0.05) is 6.04 Å². The van der Waals surface area contributed by atoms with Gasteiger partial charge >= 0.3 is 0 Å². The normalized spacial score (nSPS) is 33.4. The zero-order valence-electron chi connectivity index (χ0n) is 9.88. The van der Waals surface area contributed by atoms with Crippen LogP contribution in [0.2, 0.25) is 0 Å². The third-order valence-corrected chi connectivity index (χ3v) is 4.36. The maximum atomic E-state index is 5.84. The Labute approximate surface area is 94.0 Å². The van der Waals surface area contributed by atoms with E-state index in [0.717, 1.165) is 24.4 Å². The van der Waals surface area contributed by atoms with E-state index in [1.54, 1.807) is 0 Å². The minimum atomic E-state index is 0.726. The molecule has 2 atom stereocenters. The SMILES string of the molecule is NCC1CCCCC1NCC1CCCC1. The van der Waals surface area contributed by atoms with Crippen LogP contribution >= 0.6 is 0 Å². The van der Waals surface area contributed by atoms with E-state index in [9.17, 15) is 0 Å². The monoisotopic (exact) mass is 210 g/mol. The van der Waals surface area contributed by atoms with Crippen LogP contribution in [0.5, 0.6) is 0 Å². The molecule has 15 heavy (non-hydrogen) atoms. The molecule has 2 fully saturated rings. The van der Waals surface area contributed by atoms with Gasteiger partial charge in [0.05, 0.1) is 0 Å². The summed E-state index contributed by atoms with van der Waals surface area (Å²) in [6, 6.07) is 0.726. The first-order valence-corrected chi connectivity index (χ1v) is 6.83. The molecule has 0 aromatic carbocycles. The van der Waals surface area contributed by atoms with E-state index in [-0.39, 0.29) is 0 Å². The largest absolute Gasteiger partial charge is 0.330 e. The summed E-state index contributed by atoms with van der Waals surface area (Å²) in [6.45, 7) is 2.13. The molecular weight excluding hydrogens is 184 g/mol. The predicted molar refractivity (Wildman–Crippen MR) is 64.8 cm³/mol. The maximum Gasteiger partial charge on any atom is 0.0107 e. The topological polar surface area (TPSA) is 38.0 Å². The molecule has 88 valence electrons. The van der Waals surface area contributed by atoms with Gasteiger partial charge in [-0.1, -0.05) is 25.7 Å². The highest BCUT2D eigenvalue weighted by atomic mass is 14.9. The molecule has 2 aliphatic rings. The molecule has 0 aliphatic heterocycles. The van der Waals surface area contributed by atoms with Gasteiger partial charge in [-0.2, -0.15) is 0 Å². The number of nitrogens with two attached hydrogens (primary N) is 1. The first-order chi connectivity index (χ1) is 7.40. The lowest BCUT2D eigenvalue weighted by molar-refractivity contribution is 0.257. The van der Waals surface area contributed by atoms with Crippen molar-refractivity contribution in [3.63, 3.8) is 0 Å². The van der Waals surface area contributed by atoms with Crippen LogP contribution in [-0.2, 0) is 0 Å². The average Bonchev–Trinajstić information content (AvgIpc) is 2.79. The van der Waals surface area contributed by atoms with Gasteiger partial charge in [0.25, 0.3) is 0 Å². The van der Waals surface area contributed by atoms with Crippen LogP contribution in [0, 0.1) is 11.8 Å². The number of rotatable bonds is 4. The van der Waals surface area contributed by atoms with Gasteiger partial charge in [-0.05, 0) is 50.6 Å². The highest BCUT2D eigenvalue weighted by Gasteiger charge is 2.24. The zero-order valence-corrected chi connectivity index (χ0v) is 9.88. The van der Waals surface area contributed by atoms with E-state index in [1.807, 2.05) is 0 Å². The first-order valence-electron chi connectivity index (χ1n) is 6.83. The van der Waals surface area contributed by atoms with Crippen LogP contribution < -0.4 is 11.1 Å². The minimum absolute atomic E-state index is 0.726. The van der Waals surface area contributed by atoms with E-state index in [4.69, 9.17) is 5.73 Å². The highest BCUT2D eigenvalue weighted by Crippen LogP contribution is 2.26. The summed E-state index contributed by atoms with van der Waals surface area (Å²) in [7, 11) is 0. The Morgan fingerprint density at radius 1 is 0.933 bits per heavy atom. The average molecular weight is 210 g/mol. The second-order valence-corrected chi connectivity index (χ2v) is 5.45. The van der Waals surface area contributed by atoms with Crippen LogP contribution in [0.1, 0.15) is 51.4 Å². The highest BCUT2D eigenvalue weighted by molar-refractivity contribution is 4.83. The van der Waals surface area contributed by atoms with Crippen molar-refractivity contribution in [2.45, 2.75) is 57.4 Å². The fourth-order valence-electron chi connectivity index (χ4n) is 3.29. The summed E-state index contributed by atoms with van der Waals surface area (Å²) < 4.78 is 0. The Bertz CT molecular complexity index is 175. The molecule has 2 heteroatoms. The predicted octanol–water partition coefficient (Wildman–Crippen LogP) is 2.28. The van der Waals surface area contributed by atoms with Gasteiger partial charge in [0.1, 0.15) is 0 Å². The Morgan fingerprint density at radius 3 is 2.33 bits per heavy atom. The molecule has 0 aromatic rings. The standard InChI is InChI=1S/C13H26N2/c14-9-12-7-3-4-8-13(12)15-10-11-5-1-2-6-11/h11-13,15H,1-10,14H2. The van der Waals surface area contributed by atoms with Crippen LogP contribution in [0.3, 0.4) is 0 Å². The molecular formula is C13H26N2. The second-order valence-electron chi connectivity index (χ2n) is 5.45. The van der Waals surface area contributed by atoms with E-state index in [1.165, 1.54) is 57.9 Å². The molecule has 2 rings (SSSR count). The molecule has 0 saturated heterocycles. The smallest absolute Gasteiger partial charge is 0.0107 e. The summed E-state index contributed by atoms with van der Waals surface area (Å²) in [5.74, 6) is 1.71. The lowest BCUT2D eigenvalue weighted by atomic mass is 9.84. The Balaban J connectivity index is 1.71. The Morgan fingerprint density at radius 2 is 1.60 bits per heavy atom. The minimum Gasteiger partial charge on any atom is -0.330 e. The summed E-state index contributed by atoms with van der Waals surface area (Å²) in [6.07, 6.45) is 11.3. The van der Waals surface area contributed by atoms with Gasteiger partial charge in [-0.3, -0.25) is 0 Å². The maximum absolute atomic E-state index is 5.84. The summed E-state index contributed by atoms with van der Waals surface area (Å²) in [4.78, 5) is 0. The molecule has 3 N–H and O–H groups in total. The fourth-order valence-corrected chi connectivity index (χ4v) is 3.29. The molecule has 0 aromatic heterocycles. The van der Waals surface area contributed by atoms with Crippen LogP contribution in [0.4, 0.5) is 0 Å². The molecule has 0 bridgehead atoms. The summed E-state index contributed by atoms with van der Waals surface area (Å²) in [5, 5.41) is 3.78. The Kier molecular flexibility index (Phi) is 4.45. The molecule has 2 aliphatic carbocycles. The fraction of sp³-hybridized carbons (Fsp3) is 1.00. The van der Waals surface area contributed by atoms with Crippen molar-refractivity contribution in [3.05, 3.63) is 0 Å². The van der Waals surface area contributed by atoms with Crippen molar-refractivity contribution in [3.8, 4) is 0 Å². The van der Waals surface area contributed by atoms with Crippen LogP contribution in [0.15, 0.2) is 0 Å². The lowest BCUT2D eigenvalue weighted by Gasteiger charge is -2.32. The molecule has 0 radical (unpaired) electrons. The summed E-state index contributed by atoms with van der Waals surface area (Å²) in [5.41, 5.74) is 5.84. The van der Waals surface area contributed by atoms with Crippen molar-refractivity contribution in [1.82, 2.24) is 5.32 Å². The number of hydrogen-bond acceptors (Lipinski definition) is 2. The number of nitrogens with one attached hydrogen (secondary N) is 1. The lowest BCUT2D eigenvalue weighted by Crippen LogP contribution is -2.43. The molecule has 2 saturated carbocycles. The van der Waals surface area contributed by atoms with Crippen LogP contribution in [-0.4, -0.2) is 19.1 Å². The second kappa shape index (κ2) is 5.86. The summed E-state index contributed by atoms with van der Waals surface area (Å²) >= 11 is 0. The number of hydrogen-bond donors (Lipinski definition) is 2. The van der Waals surface area contributed by atoms with E-state index < -0.39 is 0 Å². The first kappa shape index (κ1) is 11.4. The van der Waals surface area contributed by atoms with E-state index >= 15 is 0 Å². The van der Waals surface area contributed by atoms with Gasteiger partial charge in [0.2, 0.25) is 0 Å². The molecule has 0 heterocycles. The van der Waals surface area contributed by atoms with Gasteiger partial charge in [-0.25, -0.2) is 0 Å².